The zero-order valence-corrected chi connectivity index (χ0v) is 19.8. The van der Waals surface area contributed by atoms with E-state index in [9.17, 15) is 9.59 Å². The first-order valence-corrected chi connectivity index (χ1v) is 13.3. The standard InChI is InChI=1S/C25H43N5O2/c1-13-4-3-5-16-11-20(28-21(13)16)25(32)30-23(15-6-7-15)22-14(2)10-17(12-27-22)24(31)29-19-9-8-18(19)26/h13-23,27-28H,3-12,26H2,1-2H3,(H,29,31)(H,30,32)/t13?,14?,16?,17?,18-,19+,20?,21?,22?,23?/m0/s1. The maximum absolute atomic E-state index is 13.3. The molecule has 2 saturated heterocycles. The van der Waals surface area contributed by atoms with E-state index in [-0.39, 0.29) is 47.9 Å². The maximum Gasteiger partial charge on any atom is 0.237 e. The lowest BCUT2D eigenvalue weighted by atomic mass is 9.78. The van der Waals surface area contributed by atoms with Gasteiger partial charge in [0.05, 0.1) is 12.0 Å². The highest BCUT2D eigenvalue weighted by atomic mass is 16.2. The smallest absolute Gasteiger partial charge is 0.237 e. The van der Waals surface area contributed by atoms with Crippen LogP contribution >= 0.6 is 0 Å². The molecule has 7 heteroatoms. The number of nitrogens with one attached hydrogen (secondary N) is 4. The summed E-state index contributed by atoms with van der Waals surface area (Å²) in [7, 11) is 0. The normalized spacial score (nSPS) is 44.8. The summed E-state index contributed by atoms with van der Waals surface area (Å²) < 4.78 is 0. The first kappa shape index (κ1) is 22.6. The van der Waals surface area contributed by atoms with Crippen LogP contribution in [0.1, 0.15) is 71.6 Å². The molecule has 2 aliphatic heterocycles. The van der Waals surface area contributed by atoms with E-state index < -0.39 is 0 Å². The molecule has 5 aliphatic rings. The average Bonchev–Trinajstić information content (AvgIpc) is 3.52. The molecule has 10 atom stereocenters. The molecule has 2 heterocycles. The highest BCUT2D eigenvalue weighted by Gasteiger charge is 2.46. The number of carbonyl (C=O) groups excluding carboxylic acids is 2. The number of rotatable bonds is 6. The van der Waals surface area contributed by atoms with Gasteiger partial charge in [-0.15, -0.1) is 0 Å². The Morgan fingerprint density at radius 3 is 2.41 bits per heavy atom. The molecule has 3 aliphatic carbocycles. The number of fused-ring (bicyclic) bond motifs is 1. The fourth-order valence-corrected chi connectivity index (χ4v) is 6.94. The number of hydrogen-bond donors (Lipinski definition) is 5. The van der Waals surface area contributed by atoms with Gasteiger partial charge in [-0.1, -0.05) is 20.3 Å². The van der Waals surface area contributed by atoms with Crippen LogP contribution in [0.15, 0.2) is 0 Å². The van der Waals surface area contributed by atoms with Gasteiger partial charge in [-0.25, -0.2) is 0 Å². The number of carbonyl (C=O) groups is 2. The van der Waals surface area contributed by atoms with E-state index in [1.165, 1.54) is 32.1 Å². The third kappa shape index (κ3) is 4.58. The molecule has 0 aromatic carbocycles. The zero-order valence-electron chi connectivity index (χ0n) is 19.8. The van der Waals surface area contributed by atoms with Crippen molar-refractivity contribution in [1.82, 2.24) is 21.3 Å². The van der Waals surface area contributed by atoms with Crippen molar-refractivity contribution in [2.75, 3.05) is 6.54 Å². The van der Waals surface area contributed by atoms with Gasteiger partial charge in [0, 0.05) is 36.8 Å². The largest absolute Gasteiger partial charge is 0.352 e. The maximum atomic E-state index is 13.3. The van der Waals surface area contributed by atoms with Crippen LogP contribution in [-0.2, 0) is 9.59 Å². The predicted molar refractivity (Wildman–Crippen MR) is 125 cm³/mol. The Labute approximate surface area is 192 Å². The Bertz CT molecular complexity index is 712. The van der Waals surface area contributed by atoms with Crippen LogP contribution in [0.4, 0.5) is 0 Å². The zero-order chi connectivity index (χ0) is 22.4. The van der Waals surface area contributed by atoms with E-state index in [0.29, 0.717) is 36.3 Å². The first-order chi connectivity index (χ1) is 15.4. The third-order valence-corrected chi connectivity index (χ3v) is 9.33. The molecular weight excluding hydrogens is 402 g/mol. The van der Waals surface area contributed by atoms with Crippen molar-refractivity contribution in [3.05, 3.63) is 0 Å². The molecule has 32 heavy (non-hydrogen) atoms. The van der Waals surface area contributed by atoms with Crippen molar-refractivity contribution in [3.8, 4) is 0 Å². The van der Waals surface area contributed by atoms with Gasteiger partial charge in [0.2, 0.25) is 11.8 Å². The molecule has 5 rings (SSSR count). The number of amides is 2. The van der Waals surface area contributed by atoms with Crippen molar-refractivity contribution in [2.24, 2.45) is 35.3 Å². The fourth-order valence-electron chi connectivity index (χ4n) is 6.94. The molecule has 0 aromatic heterocycles. The van der Waals surface area contributed by atoms with Gasteiger partial charge in [0.15, 0.2) is 0 Å². The second-order valence-electron chi connectivity index (χ2n) is 11.7. The molecule has 5 fully saturated rings. The summed E-state index contributed by atoms with van der Waals surface area (Å²) in [5.74, 6) is 2.57. The van der Waals surface area contributed by atoms with Crippen LogP contribution in [0.25, 0.3) is 0 Å². The van der Waals surface area contributed by atoms with Gasteiger partial charge < -0.3 is 27.0 Å². The molecular formula is C25H43N5O2. The molecule has 6 N–H and O–H groups in total. The topological polar surface area (TPSA) is 108 Å². The van der Waals surface area contributed by atoms with Crippen LogP contribution in [-0.4, -0.2) is 54.6 Å². The molecule has 0 aromatic rings. The lowest BCUT2D eigenvalue weighted by Gasteiger charge is -2.41. The Morgan fingerprint density at radius 2 is 1.78 bits per heavy atom. The number of nitrogens with two attached hydrogens (primary N) is 1. The number of piperidine rings is 1. The predicted octanol–water partition coefficient (Wildman–Crippen LogP) is 1.27. The lowest BCUT2D eigenvalue weighted by Crippen LogP contribution is -2.62. The van der Waals surface area contributed by atoms with E-state index in [1.807, 2.05) is 0 Å². The average molecular weight is 446 g/mol. The molecule has 8 unspecified atom stereocenters. The van der Waals surface area contributed by atoms with Gasteiger partial charge in [0.25, 0.3) is 0 Å². The van der Waals surface area contributed by atoms with E-state index in [0.717, 1.165) is 25.7 Å². The van der Waals surface area contributed by atoms with Crippen LogP contribution in [0, 0.1) is 29.6 Å². The van der Waals surface area contributed by atoms with Gasteiger partial charge in [-0.2, -0.15) is 0 Å². The van der Waals surface area contributed by atoms with E-state index in [4.69, 9.17) is 5.73 Å². The summed E-state index contributed by atoms with van der Waals surface area (Å²) in [6.45, 7) is 5.25. The minimum atomic E-state index is -0.0455. The van der Waals surface area contributed by atoms with Gasteiger partial charge in [-0.05, 0) is 75.0 Å². The van der Waals surface area contributed by atoms with E-state index in [2.05, 4.69) is 35.1 Å². The monoisotopic (exact) mass is 445 g/mol. The summed E-state index contributed by atoms with van der Waals surface area (Å²) in [5.41, 5.74) is 6.00. The van der Waals surface area contributed by atoms with E-state index in [1.54, 1.807) is 0 Å². The number of hydrogen-bond acceptors (Lipinski definition) is 5. The molecule has 3 saturated carbocycles. The Hall–Kier alpha value is -1.18. The van der Waals surface area contributed by atoms with Crippen LogP contribution < -0.4 is 27.0 Å². The van der Waals surface area contributed by atoms with E-state index >= 15 is 0 Å². The van der Waals surface area contributed by atoms with Crippen molar-refractivity contribution >= 4 is 11.8 Å². The molecule has 0 radical (unpaired) electrons. The summed E-state index contributed by atoms with van der Waals surface area (Å²) in [5, 5.41) is 14.0. The van der Waals surface area contributed by atoms with Crippen molar-refractivity contribution in [3.63, 3.8) is 0 Å². The summed E-state index contributed by atoms with van der Waals surface area (Å²) in [6.07, 6.45) is 10.1. The second kappa shape index (κ2) is 9.22. The highest BCUT2D eigenvalue weighted by Crippen LogP contribution is 2.39. The fraction of sp³-hybridized carbons (Fsp3) is 0.920. The Kier molecular flexibility index (Phi) is 6.52. The Morgan fingerprint density at radius 1 is 0.969 bits per heavy atom. The molecule has 2 amide bonds. The van der Waals surface area contributed by atoms with Gasteiger partial charge in [-0.3, -0.25) is 9.59 Å². The summed E-state index contributed by atoms with van der Waals surface area (Å²) >= 11 is 0. The minimum Gasteiger partial charge on any atom is -0.352 e. The Balaban J connectivity index is 1.16. The van der Waals surface area contributed by atoms with Gasteiger partial charge in [0.1, 0.15) is 0 Å². The van der Waals surface area contributed by atoms with Gasteiger partial charge >= 0.3 is 0 Å². The van der Waals surface area contributed by atoms with Crippen molar-refractivity contribution < 1.29 is 9.59 Å². The van der Waals surface area contributed by atoms with Crippen LogP contribution in [0.3, 0.4) is 0 Å². The molecule has 180 valence electrons. The molecule has 0 spiro atoms. The lowest BCUT2D eigenvalue weighted by molar-refractivity contribution is -0.128. The van der Waals surface area contributed by atoms with Crippen molar-refractivity contribution in [2.45, 2.75) is 108 Å². The molecule has 7 nitrogen and oxygen atoms in total. The second-order valence-corrected chi connectivity index (χ2v) is 11.7. The van der Waals surface area contributed by atoms with Crippen molar-refractivity contribution in [1.29, 1.82) is 0 Å². The van der Waals surface area contributed by atoms with Crippen LogP contribution in [0.5, 0.6) is 0 Å². The summed E-state index contributed by atoms with van der Waals surface area (Å²) in [6, 6.07) is 1.14. The third-order valence-electron chi connectivity index (χ3n) is 9.33. The first-order valence-electron chi connectivity index (χ1n) is 13.3. The van der Waals surface area contributed by atoms with Crippen LogP contribution in [0.2, 0.25) is 0 Å². The SMILES string of the molecule is CC1CCCC2CC(C(=O)NC(C3CC3)C3NCC(C(=O)N[C@@H]4CC[C@@H]4N)CC3C)NC12. The highest BCUT2D eigenvalue weighted by molar-refractivity contribution is 5.82. The molecule has 0 bridgehead atoms. The minimum absolute atomic E-state index is 0.00860. The summed E-state index contributed by atoms with van der Waals surface area (Å²) in [4.78, 5) is 26.0. The quantitative estimate of drug-likeness (QED) is 0.423.